The predicted octanol–water partition coefficient (Wildman–Crippen LogP) is 1.93. The molecule has 0 N–H and O–H groups in total. The van der Waals surface area contributed by atoms with E-state index in [4.69, 9.17) is 0 Å². The molecule has 1 aliphatic rings. The Kier molecular flexibility index (Phi) is 2.15. The Morgan fingerprint density at radius 2 is 2.30 bits per heavy atom. The Morgan fingerprint density at radius 3 is 3.00 bits per heavy atom. The summed E-state index contributed by atoms with van der Waals surface area (Å²) in [5.41, 5.74) is 0.213. The van der Waals surface area contributed by atoms with Gasteiger partial charge >= 0.3 is 0 Å². The molecule has 1 aliphatic carbocycles. The van der Waals surface area contributed by atoms with Crippen LogP contribution in [0.25, 0.3) is 0 Å². The SMILES string of the molecule is O=CC1=C(F)C=CC=CC1. The van der Waals surface area contributed by atoms with Gasteiger partial charge in [0.15, 0.2) is 0 Å². The Morgan fingerprint density at radius 1 is 1.50 bits per heavy atom. The smallest absolute Gasteiger partial charge is 0.149 e. The number of carbonyl (C=O) groups is 1. The van der Waals surface area contributed by atoms with Gasteiger partial charge in [-0.15, -0.1) is 0 Å². The van der Waals surface area contributed by atoms with Gasteiger partial charge < -0.3 is 0 Å². The van der Waals surface area contributed by atoms with Crippen LogP contribution in [0.2, 0.25) is 0 Å². The van der Waals surface area contributed by atoms with Gasteiger partial charge in [-0.25, -0.2) is 4.39 Å². The molecule has 0 radical (unpaired) electrons. The Hall–Kier alpha value is -1.18. The summed E-state index contributed by atoms with van der Waals surface area (Å²) in [5, 5.41) is 0. The Bertz CT molecular complexity index is 223. The van der Waals surface area contributed by atoms with Crippen LogP contribution in [0.5, 0.6) is 0 Å². The van der Waals surface area contributed by atoms with Crippen LogP contribution in [0.4, 0.5) is 4.39 Å². The second kappa shape index (κ2) is 3.11. The predicted molar refractivity (Wildman–Crippen MR) is 37.1 cm³/mol. The van der Waals surface area contributed by atoms with Gasteiger partial charge in [-0.2, -0.15) is 0 Å². The summed E-state index contributed by atoms with van der Waals surface area (Å²) in [6.45, 7) is 0. The molecular formula is C8H7FO. The number of allylic oxidation sites excluding steroid dienone is 6. The van der Waals surface area contributed by atoms with Crippen molar-refractivity contribution in [3.05, 3.63) is 35.7 Å². The molecule has 2 heteroatoms. The molecule has 0 bridgehead atoms. The number of hydrogen-bond acceptors (Lipinski definition) is 1. The van der Waals surface area contributed by atoms with E-state index in [2.05, 4.69) is 0 Å². The highest BCUT2D eigenvalue weighted by atomic mass is 19.1. The summed E-state index contributed by atoms with van der Waals surface area (Å²) < 4.78 is 12.6. The summed E-state index contributed by atoms with van der Waals surface area (Å²) in [5.74, 6) is -0.431. The van der Waals surface area contributed by atoms with Gasteiger partial charge in [-0.1, -0.05) is 18.2 Å². The van der Waals surface area contributed by atoms with Gasteiger partial charge in [0.05, 0.1) is 0 Å². The van der Waals surface area contributed by atoms with Crippen molar-refractivity contribution in [2.24, 2.45) is 0 Å². The number of rotatable bonds is 1. The highest BCUT2D eigenvalue weighted by Crippen LogP contribution is 2.13. The number of halogens is 1. The fraction of sp³-hybridized carbons (Fsp3) is 0.125. The van der Waals surface area contributed by atoms with E-state index in [0.29, 0.717) is 12.7 Å². The first kappa shape index (κ1) is 6.93. The number of hydrogen-bond donors (Lipinski definition) is 0. The Balaban J connectivity index is 2.92. The summed E-state index contributed by atoms with van der Waals surface area (Å²) in [7, 11) is 0. The average Bonchev–Trinajstić information content (AvgIpc) is 2.13. The average molecular weight is 138 g/mol. The summed E-state index contributed by atoms with van der Waals surface area (Å²) in [6, 6.07) is 0. The van der Waals surface area contributed by atoms with Gasteiger partial charge in [-0.05, 0) is 12.5 Å². The fourth-order valence-electron chi connectivity index (χ4n) is 0.723. The molecule has 0 aromatic rings. The third kappa shape index (κ3) is 1.41. The molecule has 0 unspecified atom stereocenters. The standard InChI is InChI=1S/C8H7FO/c9-8-5-3-1-2-4-7(8)6-10/h1-3,5-6H,4H2. The molecule has 1 nitrogen and oxygen atoms in total. The minimum absolute atomic E-state index is 0.213. The zero-order valence-corrected chi connectivity index (χ0v) is 5.38. The maximum Gasteiger partial charge on any atom is 0.149 e. The quantitative estimate of drug-likeness (QED) is 0.506. The molecule has 0 heterocycles. The van der Waals surface area contributed by atoms with Gasteiger partial charge in [0.2, 0.25) is 0 Å². The Labute approximate surface area is 58.5 Å². The number of carbonyl (C=O) groups excluding carboxylic acids is 1. The van der Waals surface area contributed by atoms with Crippen LogP contribution in [0, 0.1) is 0 Å². The van der Waals surface area contributed by atoms with Crippen LogP contribution < -0.4 is 0 Å². The molecular weight excluding hydrogens is 131 g/mol. The molecule has 1 rings (SSSR count). The first-order valence-corrected chi connectivity index (χ1v) is 3.01. The van der Waals surface area contributed by atoms with Crippen LogP contribution in [0.3, 0.4) is 0 Å². The van der Waals surface area contributed by atoms with E-state index in [0.717, 1.165) is 0 Å². The van der Waals surface area contributed by atoms with Crippen molar-refractivity contribution in [3.63, 3.8) is 0 Å². The normalized spacial score (nSPS) is 17.3. The van der Waals surface area contributed by atoms with Crippen LogP contribution in [-0.4, -0.2) is 6.29 Å². The van der Waals surface area contributed by atoms with E-state index in [1.54, 1.807) is 18.2 Å². The van der Waals surface area contributed by atoms with Crippen molar-refractivity contribution in [2.45, 2.75) is 6.42 Å². The molecule has 0 amide bonds. The molecule has 0 aromatic heterocycles. The van der Waals surface area contributed by atoms with E-state index in [1.807, 2.05) is 0 Å². The zero-order chi connectivity index (χ0) is 7.40. The van der Waals surface area contributed by atoms with E-state index < -0.39 is 5.83 Å². The first-order chi connectivity index (χ1) is 4.84. The van der Waals surface area contributed by atoms with Crippen LogP contribution in [0.15, 0.2) is 35.7 Å². The van der Waals surface area contributed by atoms with Crippen LogP contribution >= 0.6 is 0 Å². The van der Waals surface area contributed by atoms with Gasteiger partial charge in [-0.3, -0.25) is 4.79 Å². The third-order valence-corrected chi connectivity index (χ3v) is 1.28. The van der Waals surface area contributed by atoms with E-state index in [-0.39, 0.29) is 5.57 Å². The van der Waals surface area contributed by atoms with Crippen LogP contribution in [-0.2, 0) is 4.79 Å². The molecule has 0 saturated carbocycles. The van der Waals surface area contributed by atoms with Gasteiger partial charge in [0.1, 0.15) is 12.1 Å². The molecule has 52 valence electrons. The summed E-state index contributed by atoms with van der Waals surface area (Å²) in [6.07, 6.45) is 7.26. The van der Waals surface area contributed by atoms with Crippen LogP contribution in [0.1, 0.15) is 6.42 Å². The van der Waals surface area contributed by atoms with Crippen molar-refractivity contribution in [2.75, 3.05) is 0 Å². The molecule has 0 fully saturated rings. The van der Waals surface area contributed by atoms with Crippen molar-refractivity contribution < 1.29 is 9.18 Å². The highest BCUT2D eigenvalue weighted by Gasteiger charge is 2.01. The van der Waals surface area contributed by atoms with E-state index in [1.165, 1.54) is 6.08 Å². The lowest BCUT2D eigenvalue weighted by atomic mass is 10.2. The molecule has 0 spiro atoms. The molecule has 0 aromatic carbocycles. The zero-order valence-electron chi connectivity index (χ0n) is 5.38. The molecule has 10 heavy (non-hydrogen) atoms. The second-order valence-electron chi connectivity index (χ2n) is 1.98. The lowest BCUT2D eigenvalue weighted by Gasteiger charge is -1.90. The van der Waals surface area contributed by atoms with Crippen molar-refractivity contribution in [3.8, 4) is 0 Å². The minimum atomic E-state index is -0.431. The van der Waals surface area contributed by atoms with E-state index >= 15 is 0 Å². The maximum absolute atomic E-state index is 12.6. The maximum atomic E-state index is 12.6. The van der Waals surface area contributed by atoms with Gasteiger partial charge in [0.25, 0.3) is 0 Å². The molecule has 0 aliphatic heterocycles. The van der Waals surface area contributed by atoms with E-state index in [9.17, 15) is 9.18 Å². The topological polar surface area (TPSA) is 17.1 Å². The van der Waals surface area contributed by atoms with Gasteiger partial charge in [0, 0.05) is 5.57 Å². The van der Waals surface area contributed by atoms with Crippen molar-refractivity contribution >= 4 is 6.29 Å². The lowest BCUT2D eigenvalue weighted by Crippen LogP contribution is -1.84. The monoisotopic (exact) mass is 138 g/mol. The minimum Gasteiger partial charge on any atom is -0.298 e. The highest BCUT2D eigenvalue weighted by molar-refractivity contribution is 5.75. The van der Waals surface area contributed by atoms with Crippen molar-refractivity contribution in [1.29, 1.82) is 0 Å². The number of aldehydes is 1. The third-order valence-electron chi connectivity index (χ3n) is 1.28. The van der Waals surface area contributed by atoms with Crippen molar-refractivity contribution in [1.82, 2.24) is 0 Å². The molecule has 0 atom stereocenters. The summed E-state index contributed by atoms with van der Waals surface area (Å²) >= 11 is 0. The largest absolute Gasteiger partial charge is 0.298 e. The first-order valence-electron chi connectivity index (χ1n) is 3.01. The second-order valence-corrected chi connectivity index (χ2v) is 1.98. The lowest BCUT2D eigenvalue weighted by molar-refractivity contribution is -0.105. The fourth-order valence-corrected chi connectivity index (χ4v) is 0.723. The molecule has 0 saturated heterocycles. The summed E-state index contributed by atoms with van der Waals surface area (Å²) in [4.78, 5) is 10.2.